The Kier molecular flexibility index (Phi) is 5.29. The van der Waals surface area contributed by atoms with Gasteiger partial charge in [-0.2, -0.15) is 4.68 Å². The molecule has 0 aliphatic heterocycles. The number of nitrogens with zero attached hydrogens (tertiary/aromatic N) is 3. The van der Waals surface area contributed by atoms with Gasteiger partial charge in [0.2, 0.25) is 11.8 Å². The molecule has 0 bridgehead atoms. The minimum absolute atomic E-state index is 0.136. The molecule has 0 radical (unpaired) electrons. The molecule has 0 saturated carbocycles. The van der Waals surface area contributed by atoms with Gasteiger partial charge in [0.15, 0.2) is 0 Å². The van der Waals surface area contributed by atoms with Crippen LogP contribution in [0, 0.1) is 0 Å². The number of hydrogen-bond acceptors (Lipinski definition) is 6. The topological polar surface area (TPSA) is 94.6 Å². The maximum atomic E-state index is 12.0. The summed E-state index contributed by atoms with van der Waals surface area (Å²) in [5, 5.41) is 3.99. The van der Waals surface area contributed by atoms with E-state index in [-0.39, 0.29) is 25.6 Å². The number of carbonyl (C=O) groups is 2. The summed E-state index contributed by atoms with van der Waals surface area (Å²) >= 11 is 0. The number of ether oxygens (including phenoxy) is 1. The van der Waals surface area contributed by atoms with E-state index in [1.54, 1.807) is 31.2 Å². The Morgan fingerprint density at radius 1 is 1.30 bits per heavy atom. The maximum absolute atomic E-state index is 12.0. The fourth-order valence-electron chi connectivity index (χ4n) is 1.84. The second kappa shape index (κ2) is 7.39. The van der Waals surface area contributed by atoms with Gasteiger partial charge in [-0.1, -0.05) is 18.2 Å². The quantitative estimate of drug-likeness (QED) is 0.721. The predicted octanol–water partition coefficient (Wildman–Crippen LogP) is 0.525. The molecule has 0 spiro atoms. The molecule has 0 N–H and O–H groups in total. The van der Waals surface area contributed by atoms with E-state index >= 15 is 0 Å². The molecule has 0 aliphatic rings. The number of aromatic nitrogens is 2. The lowest BCUT2D eigenvalue weighted by Crippen LogP contribution is -2.37. The molecule has 1 aromatic heterocycles. The molecule has 2 aromatic rings. The average molecular weight is 319 g/mol. The number of benzene rings is 1. The number of likely N-dealkylation sites (N-methyl/N-ethyl adjacent to an activating group) is 1. The number of hydrogen-bond donors (Lipinski definition) is 0. The molecule has 0 aliphatic carbocycles. The number of esters is 1. The summed E-state index contributed by atoms with van der Waals surface area (Å²) in [5.41, 5.74) is 0.635. The lowest BCUT2D eigenvalue weighted by Gasteiger charge is -2.15. The zero-order valence-electron chi connectivity index (χ0n) is 12.9. The van der Waals surface area contributed by atoms with Crippen molar-refractivity contribution in [3.63, 3.8) is 0 Å². The van der Waals surface area contributed by atoms with Crippen LogP contribution in [0.15, 0.2) is 39.5 Å². The smallest absolute Gasteiger partial charge is 0.437 e. The number of amides is 1. The third-order valence-corrected chi connectivity index (χ3v) is 3.01. The zero-order chi connectivity index (χ0) is 16.8. The van der Waals surface area contributed by atoms with Crippen molar-refractivity contribution < 1.29 is 18.7 Å². The van der Waals surface area contributed by atoms with Crippen molar-refractivity contribution in [3.05, 3.63) is 40.9 Å². The Morgan fingerprint density at radius 3 is 2.65 bits per heavy atom. The van der Waals surface area contributed by atoms with E-state index in [2.05, 4.69) is 5.10 Å². The van der Waals surface area contributed by atoms with Crippen LogP contribution in [0.4, 0.5) is 0 Å². The van der Waals surface area contributed by atoms with E-state index in [1.807, 2.05) is 6.07 Å². The Hall–Kier alpha value is -2.90. The molecule has 8 nitrogen and oxygen atoms in total. The van der Waals surface area contributed by atoms with Crippen LogP contribution in [0.25, 0.3) is 11.5 Å². The van der Waals surface area contributed by atoms with E-state index in [0.717, 1.165) is 4.68 Å². The number of carbonyl (C=O) groups excluding carboxylic acids is 2. The van der Waals surface area contributed by atoms with Gasteiger partial charge in [0, 0.05) is 12.6 Å². The summed E-state index contributed by atoms with van der Waals surface area (Å²) in [6.07, 6.45) is 0. The van der Waals surface area contributed by atoms with E-state index in [0.29, 0.717) is 5.56 Å². The largest absolute Gasteiger partial charge is 0.465 e. The van der Waals surface area contributed by atoms with Gasteiger partial charge in [-0.05, 0) is 19.1 Å². The van der Waals surface area contributed by atoms with E-state index < -0.39 is 17.6 Å². The lowest BCUT2D eigenvalue weighted by molar-refractivity contribution is -0.148. The fraction of sp³-hybridized carbons (Fsp3) is 0.333. The molecule has 0 atom stereocenters. The van der Waals surface area contributed by atoms with Crippen LogP contribution in [0.5, 0.6) is 0 Å². The molecule has 1 heterocycles. The van der Waals surface area contributed by atoms with Crippen LogP contribution in [-0.4, -0.2) is 46.8 Å². The number of rotatable bonds is 6. The predicted molar refractivity (Wildman–Crippen MR) is 80.5 cm³/mol. The summed E-state index contributed by atoms with van der Waals surface area (Å²) in [6, 6.07) is 8.88. The van der Waals surface area contributed by atoms with Gasteiger partial charge in [0.1, 0.15) is 13.1 Å². The molecule has 8 heteroatoms. The van der Waals surface area contributed by atoms with Crippen molar-refractivity contribution in [1.29, 1.82) is 0 Å². The van der Waals surface area contributed by atoms with Gasteiger partial charge in [-0.3, -0.25) is 9.59 Å². The first-order valence-electron chi connectivity index (χ1n) is 7.04. The van der Waals surface area contributed by atoms with Crippen molar-refractivity contribution in [3.8, 4) is 11.5 Å². The fourth-order valence-corrected chi connectivity index (χ4v) is 1.84. The van der Waals surface area contributed by atoms with Gasteiger partial charge in [-0.25, -0.2) is 4.79 Å². The first kappa shape index (κ1) is 16.5. The molecular weight excluding hydrogens is 302 g/mol. The SMILES string of the molecule is CCOC(=O)CN(C)C(=O)Cn1nc(-c2ccccc2)oc1=O. The van der Waals surface area contributed by atoms with Crippen molar-refractivity contribution in [2.45, 2.75) is 13.5 Å². The summed E-state index contributed by atoms with van der Waals surface area (Å²) in [5.74, 6) is -1.56. The second-order valence-electron chi connectivity index (χ2n) is 4.75. The Balaban J connectivity index is 2.06. The van der Waals surface area contributed by atoms with Crippen molar-refractivity contribution in [2.75, 3.05) is 20.2 Å². The molecule has 2 rings (SSSR count). The summed E-state index contributed by atoms with van der Waals surface area (Å²) in [6.45, 7) is 1.42. The molecule has 1 aromatic carbocycles. The van der Waals surface area contributed by atoms with E-state index in [9.17, 15) is 14.4 Å². The minimum Gasteiger partial charge on any atom is -0.465 e. The molecule has 0 saturated heterocycles. The first-order chi connectivity index (χ1) is 11.0. The van der Waals surface area contributed by atoms with Crippen molar-refractivity contribution >= 4 is 11.9 Å². The van der Waals surface area contributed by atoms with Crippen molar-refractivity contribution in [1.82, 2.24) is 14.7 Å². The highest BCUT2D eigenvalue weighted by atomic mass is 16.5. The molecule has 1 amide bonds. The molecule has 23 heavy (non-hydrogen) atoms. The third kappa shape index (κ3) is 4.29. The normalized spacial score (nSPS) is 10.3. The van der Waals surface area contributed by atoms with Crippen LogP contribution < -0.4 is 5.76 Å². The molecular formula is C15H17N3O5. The van der Waals surface area contributed by atoms with Gasteiger partial charge in [-0.15, -0.1) is 5.10 Å². The first-order valence-corrected chi connectivity index (χ1v) is 7.04. The lowest BCUT2D eigenvalue weighted by atomic mass is 10.2. The highest BCUT2D eigenvalue weighted by Crippen LogP contribution is 2.13. The van der Waals surface area contributed by atoms with Crippen LogP contribution >= 0.6 is 0 Å². The van der Waals surface area contributed by atoms with Crippen molar-refractivity contribution in [2.24, 2.45) is 0 Å². The zero-order valence-corrected chi connectivity index (χ0v) is 12.9. The van der Waals surface area contributed by atoms with Gasteiger partial charge >= 0.3 is 11.7 Å². The molecule has 122 valence electrons. The minimum atomic E-state index is -0.735. The van der Waals surface area contributed by atoms with Crippen LogP contribution in [0.3, 0.4) is 0 Å². The highest BCUT2D eigenvalue weighted by molar-refractivity contribution is 5.81. The van der Waals surface area contributed by atoms with E-state index in [1.165, 1.54) is 11.9 Å². The third-order valence-electron chi connectivity index (χ3n) is 3.01. The molecule has 0 fully saturated rings. The Bertz CT molecular complexity index is 735. The second-order valence-corrected chi connectivity index (χ2v) is 4.75. The van der Waals surface area contributed by atoms with Crippen LogP contribution in [-0.2, 0) is 20.9 Å². The Labute approximate surface area is 132 Å². The van der Waals surface area contributed by atoms with Crippen LogP contribution in [0.2, 0.25) is 0 Å². The summed E-state index contributed by atoms with van der Waals surface area (Å²) < 4.78 is 10.7. The monoisotopic (exact) mass is 319 g/mol. The Morgan fingerprint density at radius 2 is 2.00 bits per heavy atom. The highest BCUT2D eigenvalue weighted by Gasteiger charge is 2.17. The van der Waals surface area contributed by atoms with Gasteiger partial charge in [0.25, 0.3) is 0 Å². The maximum Gasteiger partial charge on any atom is 0.437 e. The van der Waals surface area contributed by atoms with Crippen LogP contribution in [0.1, 0.15) is 6.92 Å². The standard InChI is InChI=1S/C15H17N3O5/c1-3-22-13(20)10-17(2)12(19)9-18-15(21)23-14(16-18)11-7-5-4-6-8-11/h4-8H,3,9-10H2,1-2H3. The van der Waals surface area contributed by atoms with Gasteiger partial charge in [0.05, 0.1) is 6.61 Å². The molecule has 0 unspecified atom stereocenters. The average Bonchev–Trinajstić information content (AvgIpc) is 2.89. The summed E-state index contributed by atoms with van der Waals surface area (Å²) in [4.78, 5) is 36.3. The van der Waals surface area contributed by atoms with Gasteiger partial charge < -0.3 is 14.1 Å². The van der Waals surface area contributed by atoms with E-state index in [4.69, 9.17) is 9.15 Å². The summed E-state index contributed by atoms with van der Waals surface area (Å²) in [7, 11) is 1.45.